The molecule has 0 saturated heterocycles. The minimum atomic E-state index is 0.636. The molecule has 3 nitrogen and oxygen atoms in total. The topological polar surface area (TPSA) is 43.8 Å². The number of nitrogens with zero attached hydrogens (tertiary/aromatic N) is 2. The van der Waals surface area contributed by atoms with Crippen LogP contribution in [0.4, 0.5) is 0 Å². The molecule has 1 aromatic heterocycles. The van der Waals surface area contributed by atoms with Gasteiger partial charge in [-0.05, 0) is 26.5 Å². The maximum absolute atomic E-state index is 5.60. The zero-order valence-corrected chi connectivity index (χ0v) is 10.7. The van der Waals surface area contributed by atoms with Gasteiger partial charge in [0.05, 0.1) is 5.69 Å². The van der Waals surface area contributed by atoms with Crippen LogP contribution >= 0.6 is 0 Å². The Bertz CT molecular complexity index is 526. The highest BCUT2D eigenvalue weighted by molar-refractivity contribution is 5.63. The van der Waals surface area contributed by atoms with E-state index in [1.807, 2.05) is 7.05 Å². The van der Waals surface area contributed by atoms with Crippen molar-refractivity contribution in [2.24, 2.45) is 12.8 Å². The van der Waals surface area contributed by atoms with Crippen LogP contribution in [0.5, 0.6) is 0 Å². The van der Waals surface area contributed by atoms with Crippen LogP contribution in [-0.2, 0) is 13.5 Å². The van der Waals surface area contributed by atoms with E-state index in [-0.39, 0.29) is 0 Å². The number of rotatable bonds is 3. The fourth-order valence-electron chi connectivity index (χ4n) is 2.06. The highest BCUT2D eigenvalue weighted by Crippen LogP contribution is 2.23. The van der Waals surface area contributed by atoms with Crippen LogP contribution in [0.1, 0.15) is 17.1 Å². The van der Waals surface area contributed by atoms with Crippen LogP contribution in [0.3, 0.4) is 0 Å². The molecule has 0 saturated carbocycles. The SMILES string of the molecule is Cc1cccc(-c2nc(CCN)n(C)c2C)c1. The molecule has 2 aromatic rings. The molecule has 90 valence electrons. The molecule has 0 amide bonds. The predicted octanol–water partition coefficient (Wildman–Crippen LogP) is 2.21. The Labute approximate surface area is 102 Å². The van der Waals surface area contributed by atoms with Gasteiger partial charge in [0, 0.05) is 24.7 Å². The maximum atomic E-state index is 5.60. The van der Waals surface area contributed by atoms with Gasteiger partial charge in [0.25, 0.3) is 0 Å². The minimum absolute atomic E-state index is 0.636. The monoisotopic (exact) mass is 229 g/mol. The largest absolute Gasteiger partial charge is 0.335 e. The molecular formula is C14H19N3. The highest BCUT2D eigenvalue weighted by Gasteiger charge is 2.11. The van der Waals surface area contributed by atoms with Crippen molar-refractivity contribution in [2.45, 2.75) is 20.3 Å². The summed E-state index contributed by atoms with van der Waals surface area (Å²) < 4.78 is 2.13. The Hall–Kier alpha value is -1.61. The summed E-state index contributed by atoms with van der Waals surface area (Å²) in [5.41, 5.74) is 10.3. The Morgan fingerprint density at radius 3 is 2.71 bits per heavy atom. The van der Waals surface area contributed by atoms with Crippen molar-refractivity contribution < 1.29 is 0 Å². The van der Waals surface area contributed by atoms with Gasteiger partial charge in [0.15, 0.2) is 0 Å². The van der Waals surface area contributed by atoms with Crippen LogP contribution in [0, 0.1) is 13.8 Å². The smallest absolute Gasteiger partial charge is 0.110 e. The van der Waals surface area contributed by atoms with Crippen molar-refractivity contribution in [3.8, 4) is 11.3 Å². The van der Waals surface area contributed by atoms with E-state index in [0.717, 1.165) is 17.9 Å². The lowest BCUT2D eigenvalue weighted by molar-refractivity contribution is 0.761. The second-order valence-electron chi connectivity index (χ2n) is 4.43. The number of aryl methyl sites for hydroxylation is 1. The predicted molar refractivity (Wildman–Crippen MR) is 70.9 cm³/mol. The normalized spacial score (nSPS) is 10.8. The van der Waals surface area contributed by atoms with Crippen LogP contribution < -0.4 is 5.73 Å². The molecule has 1 heterocycles. The second-order valence-corrected chi connectivity index (χ2v) is 4.43. The molecule has 17 heavy (non-hydrogen) atoms. The number of imidazole rings is 1. The van der Waals surface area contributed by atoms with Gasteiger partial charge in [-0.3, -0.25) is 0 Å². The summed E-state index contributed by atoms with van der Waals surface area (Å²) in [5.74, 6) is 1.06. The highest BCUT2D eigenvalue weighted by atomic mass is 15.1. The molecular weight excluding hydrogens is 210 g/mol. The number of hydrogen-bond donors (Lipinski definition) is 1. The number of hydrogen-bond acceptors (Lipinski definition) is 2. The quantitative estimate of drug-likeness (QED) is 0.877. The molecule has 0 aliphatic carbocycles. The van der Waals surface area contributed by atoms with E-state index in [9.17, 15) is 0 Å². The van der Waals surface area contributed by atoms with Crippen molar-refractivity contribution in [1.29, 1.82) is 0 Å². The lowest BCUT2D eigenvalue weighted by atomic mass is 10.1. The molecule has 0 aliphatic rings. The molecule has 0 atom stereocenters. The summed E-state index contributed by atoms with van der Waals surface area (Å²) in [4.78, 5) is 4.69. The number of nitrogens with two attached hydrogens (primary N) is 1. The zero-order valence-electron chi connectivity index (χ0n) is 10.7. The first-order valence-corrected chi connectivity index (χ1v) is 5.92. The summed E-state index contributed by atoms with van der Waals surface area (Å²) in [6.07, 6.45) is 0.823. The number of benzene rings is 1. The fourth-order valence-corrected chi connectivity index (χ4v) is 2.06. The minimum Gasteiger partial charge on any atom is -0.335 e. The molecule has 2 rings (SSSR count). The molecule has 0 aliphatic heterocycles. The Balaban J connectivity index is 2.49. The van der Waals surface area contributed by atoms with Gasteiger partial charge >= 0.3 is 0 Å². The third-order valence-electron chi connectivity index (χ3n) is 3.13. The second kappa shape index (κ2) is 4.72. The summed E-state index contributed by atoms with van der Waals surface area (Å²) >= 11 is 0. The Morgan fingerprint density at radius 2 is 2.06 bits per heavy atom. The van der Waals surface area contributed by atoms with Crippen LogP contribution in [0.25, 0.3) is 11.3 Å². The van der Waals surface area contributed by atoms with Gasteiger partial charge in [-0.25, -0.2) is 4.98 Å². The molecule has 0 spiro atoms. The van der Waals surface area contributed by atoms with Gasteiger partial charge < -0.3 is 10.3 Å². The van der Waals surface area contributed by atoms with Crippen molar-refractivity contribution in [2.75, 3.05) is 6.54 Å². The maximum Gasteiger partial charge on any atom is 0.110 e. The molecule has 0 fully saturated rings. The summed E-state index contributed by atoms with van der Waals surface area (Å²) in [7, 11) is 2.05. The van der Waals surface area contributed by atoms with E-state index < -0.39 is 0 Å². The van der Waals surface area contributed by atoms with Crippen LogP contribution in [0.2, 0.25) is 0 Å². The third-order valence-corrected chi connectivity index (χ3v) is 3.13. The van der Waals surface area contributed by atoms with Gasteiger partial charge in [-0.1, -0.05) is 23.8 Å². The van der Waals surface area contributed by atoms with E-state index in [2.05, 4.69) is 42.7 Å². The van der Waals surface area contributed by atoms with Crippen LogP contribution in [0.15, 0.2) is 24.3 Å². The molecule has 1 aromatic carbocycles. The molecule has 3 heteroatoms. The molecule has 0 unspecified atom stereocenters. The first kappa shape index (κ1) is 11.9. The Kier molecular flexibility index (Phi) is 3.29. The summed E-state index contributed by atoms with van der Waals surface area (Å²) in [6.45, 7) is 4.84. The van der Waals surface area contributed by atoms with Crippen molar-refractivity contribution in [3.05, 3.63) is 41.3 Å². The van der Waals surface area contributed by atoms with E-state index in [0.29, 0.717) is 6.54 Å². The Morgan fingerprint density at radius 1 is 1.29 bits per heavy atom. The summed E-state index contributed by atoms with van der Waals surface area (Å²) in [5, 5.41) is 0. The lowest BCUT2D eigenvalue weighted by Gasteiger charge is -2.02. The van der Waals surface area contributed by atoms with Crippen molar-refractivity contribution in [3.63, 3.8) is 0 Å². The van der Waals surface area contributed by atoms with Gasteiger partial charge in [-0.15, -0.1) is 0 Å². The first-order valence-electron chi connectivity index (χ1n) is 5.92. The van der Waals surface area contributed by atoms with E-state index in [4.69, 9.17) is 10.7 Å². The van der Waals surface area contributed by atoms with E-state index in [1.54, 1.807) is 0 Å². The third kappa shape index (κ3) is 2.24. The molecule has 2 N–H and O–H groups in total. The fraction of sp³-hybridized carbons (Fsp3) is 0.357. The molecule has 0 radical (unpaired) electrons. The summed E-state index contributed by atoms with van der Waals surface area (Å²) in [6, 6.07) is 8.44. The first-order chi connectivity index (χ1) is 8.13. The zero-order chi connectivity index (χ0) is 12.4. The van der Waals surface area contributed by atoms with E-state index >= 15 is 0 Å². The van der Waals surface area contributed by atoms with E-state index in [1.165, 1.54) is 16.8 Å². The van der Waals surface area contributed by atoms with Gasteiger partial charge in [0.1, 0.15) is 5.82 Å². The standard InChI is InChI=1S/C14H19N3/c1-10-5-4-6-12(9-10)14-11(2)17(3)13(16-14)7-8-15/h4-6,9H,7-8,15H2,1-3H3. The average Bonchev–Trinajstić information content (AvgIpc) is 2.58. The van der Waals surface area contributed by atoms with Gasteiger partial charge in [-0.2, -0.15) is 0 Å². The lowest BCUT2D eigenvalue weighted by Crippen LogP contribution is -2.08. The van der Waals surface area contributed by atoms with Crippen molar-refractivity contribution >= 4 is 0 Å². The van der Waals surface area contributed by atoms with Gasteiger partial charge in [0.2, 0.25) is 0 Å². The number of aromatic nitrogens is 2. The van der Waals surface area contributed by atoms with Crippen molar-refractivity contribution in [1.82, 2.24) is 9.55 Å². The average molecular weight is 229 g/mol. The van der Waals surface area contributed by atoms with Crippen LogP contribution in [-0.4, -0.2) is 16.1 Å². The molecule has 0 bridgehead atoms.